The number of ether oxygens (including phenoxy) is 1. The molecule has 5 nitrogen and oxygen atoms in total. The van der Waals surface area contributed by atoms with Crippen molar-refractivity contribution in [1.82, 2.24) is 14.9 Å². The Morgan fingerprint density at radius 1 is 1.59 bits per heavy atom. The minimum Gasteiger partial charge on any atom is -0.368 e. The van der Waals surface area contributed by atoms with Gasteiger partial charge in [0.25, 0.3) is 0 Å². The molecule has 0 bridgehead atoms. The van der Waals surface area contributed by atoms with Crippen LogP contribution in [-0.4, -0.2) is 47.4 Å². The first kappa shape index (κ1) is 12.1. The summed E-state index contributed by atoms with van der Waals surface area (Å²) in [6.45, 7) is 7.39. The van der Waals surface area contributed by atoms with E-state index < -0.39 is 0 Å². The fourth-order valence-electron chi connectivity index (χ4n) is 1.97. The summed E-state index contributed by atoms with van der Waals surface area (Å²) in [6.07, 6.45) is 0.626. The molecule has 2 rings (SSSR count). The number of carbonyl (C=O) groups is 1. The zero-order chi connectivity index (χ0) is 12.3. The van der Waals surface area contributed by atoms with Crippen LogP contribution in [0.1, 0.15) is 35.0 Å². The number of morpholine rings is 1. The molecule has 0 aromatic carbocycles. The maximum atomic E-state index is 10.8. The molecule has 0 aliphatic carbocycles. The zero-order valence-electron chi connectivity index (χ0n) is 10.2. The van der Waals surface area contributed by atoms with Gasteiger partial charge in [-0.2, -0.15) is 0 Å². The third-order valence-electron chi connectivity index (χ3n) is 2.90. The summed E-state index contributed by atoms with van der Waals surface area (Å²) in [5.41, 5.74) is 1.22. The molecule has 1 saturated heterocycles. The van der Waals surface area contributed by atoms with E-state index in [1.807, 2.05) is 6.92 Å². The summed E-state index contributed by atoms with van der Waals surface area (Å²) in [5, 5.41) is 0. The fraction of sp³-hybridized carbons (Fsp3) is 0.583. The molecule has 0 amide bonds. The van der Waals surface area contributed by atoms with Gasteiger partial charge in [-0.3, -0.25) is 9.69 Å². The summed E-state index contributed by atoms with van der Waals surface area (Å²) >= 11 is 0. The van der Waals surface area contributed by atoms with Crippen LogP contribution in [0, 0.1) is 6.92 Å². The quantitative estimate of drug-likeness (QED) is 0.731. The third-order valence-corrected chi connectivity index (χ3v) is 2.90. The Morgan fingerprint density at radius 3 is 3.12 bits per heavy atom. The summed E-state index contributed by atoms with van der Waals surface area (Å²) in [5.74, 6) is 0.616. The second kappa shape index (κ2) is 5.33. The Labute approximate surface area is 101 Å². The lowest BCUT2D eigenvalue weighted by molar-refractivity contribution is -0.0326. The van der Waals surface area contributed by atoms with Crippen LogP contribution >= 0.6 is 0 Å². The van der Waals surface area contributed by atoms with E-state index in [9.17, 15) is 4.79 Å². The molecule has 1 unspecified atom stereocenters. The highest BCUT2D eigenvalue weighted by atomic mass is 16.5. The van der Waals surface area contributed by atoms with Crippen molar-refractivity contribution < 1.29 is 9.53 Å². The van der Waals surface area contributed by atoms with E-state index in [1.165, 1.54) is 0 Å². The lowest BCUT2D eigenvalue weighted by Crippen LogP contribution is -2.38. The van der Waals surface area contributed by atoms with E-state index in [2.05, 4.69) is 21.8 Å². The molecule has 0 N–H and O–H groups in total. The molecule has 1 aromatic rings. The van der Waals surface area contributed by atoms with Crippen molar-refractivity contribution in [3.05, 3.63) is 23.3 Å². The molecule has 5 heteroatoms. The van der Waals surface area contributed by atoms with Gasteiger partial charge in [0.2, 0.25) is 0 Å². The Balaban J connectivity index is 2.20. The number of hydrogen-bond donors (Lipinski definition) is 0. The normalized spacial score (nSPS) is 21.4. The van der Waals surface area contributed by atoms with Crippen LogP contribution in [0.4, 0.5) is 0 Å². The van der Waals surface area contributed by atoms with Gasteiger partial charge in [0.05, 0.1) is 6.61 Å². The predicted molar refractivity (Wildman–Crippen MR) is 63.0 cm³/mol. The van der Waals surface area contributed by atoms with E-state index in [-0.39, 0.29) is 6.10 Å². The van der Waals surface area contributed by atoms with Crippen LogP contribution in [-0.2, 0) is 4.74 Å². The van der Waals surface area contributed by atoms with E-state index in [4.69, 9.17) is 4.74 Å². The first-order valence-electron chi connectivity index (χ1n) is 5.87. The largest absolute Gasteiger partial charge is 0.368 e. The molecule has 17 heavy (non-hydrogen) atoms. The number of hydrogen-bond acceptors (Lipinski definition) is 5. The highest BCUT2D eigenvalue weighted by Gasteiger charge is 2.23. The van der Waals surface area contributed by atoms with Crippen LogP contribution in [0.15, 0.2) is 6.07 Å². The van der Waals surface area contributed by atoms with Gasteiger partial charge in [0, 0.05) is 18.8 Å². The van der Waals surface area contributed by atoms with E-state index in [0.29, 0.717) is 18.1 Å². The highest BCUT2D eigenvalue weighted by Crippen LogP contribution is 2.19. The van der Waals surface area contributed by atoms with Gasteiger partial charge in [-0.1, -0.05) is 6.92 Å². The van der Waals surface area contributed by atoms with E-state index in [1.54, 1.807) is 6.07 Å². The van der Waals surface area contributed by atoms with Crippen molar-refractivity contribution in [1.29, 1.82) is 0 Å². The SMILES string of the molecule is CCN1CCOC(c2nc(C)cc(C=O)n2)C1. The van der Waals surface area contributed by atoms with Gasteiger partial charge in [-0.25, -0.2) is 9.97 Å². The number of likely N-dealkylation sites (N-methyl/N-ethyl adjacent to an activating group) is 1. The predicted octanol–water partition coefficient (Wildman–Crippen LogP) is 0.991. The molecular formula is C12H17N3O2. The van der Waals surface area contributed by atoms with Crippen LogP contribution in [0.3, 0.4) is 0 Å². The molecule has 0 radical (unpaired) electrons. The molecule has 0 saturated carbocycles. The Bertz CT molecular complexity index is 409. The second-order valence-corrected chi connectivity index (χ2v) is 4.16. The van der Waals surface area contributed by atoms with E-state index in [0.717, 1.165) is 31.6 Å². The molecule has 1 aromatic heterocycles. The minimum absolute atomic E-state index is 0.123. The average molecular weight is 235 g/mol. The van der Waals surface area contributed by atoms with Crippen LogP contribution in [0.25, 0.3) is 0 Å². The van der Waals surface area contributed by atoms with Crippen molar-refractivity contribution in [2.75, 3.05) is 26.2 Å². The van der Waals surface area contributed by atoms with Crippen molar-refractivity contribution in [2.24, 2.45) is 0 Å². The molecule has 1 atom stereocenters. The molecule has 92 valence electrons. The number of aryl methyl sites for hydroxylation is 1. The Kier molecular flexibility index (Phi) is 3.81. The zero-order valence-corrected chi connectivity index (χ0v) is 10.2. The van der Waals surface area contributed by atoms with Gasteiger partial charge in [0.15, 0.2) is 12.1 Å². The molecule has 2 heterocycles. The minimum atomic E-state index is -0.123. The van der Waals surface area contributed by atoms with Crippen molar-refractivity contribution >= 4 is 6.29 Å². The van der Waals surface area contributed by atoms with Crippen LogP contribution in [0.5, 0.6) is 0 Å². The molecule has 0 spiro atoms. The van der Waals surface area contributed by atoms with Crippen LogP contribution < -0.4 is 0 Å². The van der Waals surface area contributed by atoms with Gasteiger partial charge < -0.3 is 4.74 Å². The number of rotatable bonds is 3. The number of aromatic nitrogens is 2. The highest BCUT2D eigenvalue weighted by molar-refractivity contribution is 5.71. The lowest BCUT2D eigenvalue weighted by atomic mass is 10.2. The third kappa shape index (κ3) is 2.87. The second-order valence-electron chi connectivity index (χ2n) is 4.16. The summed E-state index contributed by atoms with van der Waals surface area (Å²) in [6, 6.07) is 1.68. The average Bonchev–Trinajstić information content (AvgIpc) is 2.38. The molecule has 1 aliphatic heterocycles. The first-order chi connectivity index (χ1) is 8.22. The standard InChI is InChI=1S/C12H17N3O2/c1-3-15-4-5-17-11(7-15)12-13-9(2)6-10(8-16)14-12/h6,8,11H,3-5,7H2,1-2H3. The van der Waals surface area contributed by atoms with Gasteiger partial charge in [-0.15, -0.1) is 0 Å². The lowest BCUT2D eigenvalue weighted by Gasteiger charge is -2.31. The van der Waals surface area contributed by atoms with Crippen LogP contribution in [0.2, 0.25) is 0 Å². The summed E-state index contributed by atoms with van der Waals surface area (Å²) < 4.78 is 5.67. The summed E-state index contributed by atoms with van der Waals surface area (Å²) in [4.78, 5) is 21.6. The van der Waals surface area contributed by atoms with Crippen molar-refractivity contribution in [2.45, 2.75) is 20.0 Å². The van der Waals surface area contributed by atoms with Gasteiger partial charge in [-0.05, 0) is 19.5 Å². The molecule has 1 aliphatic rings. The van der Waals surface area contributed by atoms with Crippen molar-refractivity contribution in [3.8, 4) is 0 Å². The van der Waals surface area contributed by atoms with Crippen molar-refractivity contribution in [3.63, 3.8) is 0 Å². The Morgan fingerprint density at radius 2 is 2.41 bits per heavy atom. The monoisotopic (exact) mass is 235 g/mol. The maximum Gasteiger partial charge on any atom is 0.168 e. The topological polar surface area (TPSA) is 55.3 Å². The number of nitrogens with zero attached hydrogens (tertiary/aromatic N) is 3. The summed E-state index contributed by atoms with van der Waals surface area (Å²) in [7, 11) is 0. The molecular weight excluding hydrogens is 218 g/mol. The number of aldehydes is 1. The molecule has 1 fully saturated rings. The smallest absolute Gasteiger partial charge is 0.168 e. The van der Waals surface area contributed by atoms with E-state index >= 15 is 0 Å². The van der Waals surface area contributed by atoms with Gasteiger partial charge in [0.1, 0.15) is 11.8 Å². The Hall–Kier alpha value is -1.33. The maximum absolute atomic E-state index is 10.8. The number of carbonyl (C=O) groups excluding carboxylic acids is 1. The fourth-order valence-corrected chi connectivity index (χ4v) is 1.97. The first-order valence-corrected chi connectivity index (χ1v) is 5.87. The van der Waals surface area contributed by atoms with Gasteiger partial charge >= 0.3 is 0 Å².